The maximum absolute atomic E-state index is 12.5. The van der Waals surface area contributed by atoms with E-state index in [1.807, 2.05) is 19.0 Å². The second kappa shape index (κ2) is 9.45. The van der Waals surface area contributed by atoms with Crippen LogP contribution in [0.15, 0.2) is 54.6 Å². The van der Waals surface area contributed by atoms with Crippen molar-refractivity contribution in [1.29, 1.82) is 0 Å². The minimum absolute atomic E-state index is 0.269. The van der Waals surface area contributed by atoms with Crippen molar-refractivity contribution in [3.63, 3.8) is 0 Å². The van der Waals surface area contributed by atoms with Gasteiger partial charge in [0.1, 0.15) is 0 Å². The van der Waals surface area contributed by atoms with Crippen LogP contribution in [-0.4, -0.2) is 44.5 Å². The summed E-state index contributed by atoms with van der Waals surface area (Å²) < 4.78 is 0. The summed E-state index contributed by atoms with van der Waals surface area (Å²) in [4.78, 5) is 16.6. The van der Waals surface area contributed by atoms with Crippen molar-refractivity contribution in [3.8, 4) is 0 Å². The van der Waals surface area contributed by atoms with Gasteiger partial charge in [-0.2, -0.15) is 0 Å². The minimum atomic E-state index is 0.269. The molecule has 1 heterocycles. The van der Waals surface area contributed by atoms with Crippen LogP contribution in [0.25, 0.3) is 0 Å². The average molecular weight is 366 g/mol. The highest BCUT2D eigenvalue weighted by molar-refractivity contribution is 5.76. The summed E-state index contributed by atoms with van der Waals surface area (Å²) in [5.74, 6) is 0.968. The molecule has 27 heavy (non-hydrogen) atoms. The van der Waals surface area contributed by atoms with Crippen molar-refractivity contribution in [2.45, 2.75) is 25.7 Å². The molecule has 1 aliphatic heterocycles. The van der Waals surface area contributed by atoms with Gasteiger partial charge in [-0.15, -0.1) is 0 Å². The van der Waals surface area contributed by atoms with E-state index in [4.69, 9.17) is 0 Å². The molecule has 0 aromatic heterocycles. The predicted octanol–water partition coefficient (Wildman–Crippen LogP) is 4.04. The van der Waals surface area contributed by atoms with Crippen molar-refractivity contribution >= 4 is 17.3 Å². The standard InChI is InChI=1S/C23H31N3O/c1-25(2)22-10-8-21(9-11-22)24-15-12-23(27)26-16-13-20(14-17-26)18-19-6-4-3-5-7-19/h3-11,20,24H,12-18H2,1-2H3. The van der Waals surface area contributed by atoms with Crippen LogP contribution in [0.2, 0.25) is 0 Å². The van der Waals surface area contributed by atoms with E-state index in [9.17, 15) is 4.79 Å². The van der Waals surface area contributed by atoms with Crippen LogP contribution >= 0.6 is 0 Å². The smallest absolute Gasteiger partial charge is 0.224 e. The number of likely N-dealkylation sites (tertiary alicyclic amines) is 1. The molecule has 4 nitrogen and oxygen atoms in total. The van der Waals surface area contributed by atoms with Crippen LogP contribution in [0.3, 0.4) is 0 Å². The molecule has 3 rings (SSSR count). The van der Waals surface area contributed by atoms with E-state index in [2.05, 4.69) is 64.8 Å². The van der Waals surface area contributed by atoms with Crippen molar-refractivity contribution in [3.05, 3.63) is 60.2 Å². The molecule has 0 radical (unpaired) electrons. The normalized spacial score (nSPS) is 14.8. The molecule has 1 saturated heterocycles. The highest BCUT2D eigenvalue weighted by atomic mass is 16.2. The lowest BCUT2D eigenvalue weighted by Gasteiger charge is -2.32. The third-order valence-electron chi connectivity index (χ3n) is 5.39. The molecule has 1 amide bonds. The Labute approximate surface area is 163 Å². The van der Waals surface area contributed by atoms with Crippen LogP contribution in [0.5, 0.6) is 0 Å². The SMILES string of the molecule is CN(C)c1ccc(NCCC(=O)N2CCC(Cc3ccccc3)CC2)cc1. The minimum Gasteiger partial charge on any atom is -0.385 e. The zero-order chi connectivity index (χ0) is 19.1. The number of nitrogens with zero attached hydrogens (tertiary/aromatic N) is 2. The van der Waals surface area contributed by atoms with Crippen molar-refractivity contribution < 1.29 is 4.79 Å². The van der Waals surface area contributed by atoms with Crippen molar-refractivity contribution in [2.75, 3.05) is 43.9 Å². The van der Waals surface area contributed by atoms with Crippen molar-refractivity contribution in [1.82, 2.24) is 4.90 Å². The number of carbonyl (C=O) groups is 1. The summed E-state index contributed by atoms with van der Waals surface area (Å²) in [6.07, 6.45) is 3.91. The van der Waals surface area contributed by atoms with E-state index >= 15 is 0 Å². The van der Waals surface area contributed by atoms with Crippen LogP contribution in [0, 0.1) is 5.92 Å². The maximum atomic E-state index is 12.5. The number of benzene rings is 2. The molecule has 144 valence electrons. The zero-order valence-corrected chi connectivity index (χ0v) is 16.5. The third kappa shape index (κ3) is 5.75. The number of hydrogen-bond donors (Lipinski definition) is 1. The largest absolute Gasteiger partial charge is 0.385 e. The lowest BCUT2D eigenvalue weighted by atomic mass is 9.90. The van der Waals surface area contributed by atoms with Crippen LogP contribution in [0.1, 0.15) is 24.8 Å². The molecule has 4 heteroatoms. The summed E-state index contributed by atoms with van der Waals surface area (Å²) in [5.41, 5.74) is 3.65. The van der Waals surface area contributed by atoms with Crippen LogP contribution in [-0.2, 0) is 11.2 Å². The summed E-state index contributed by atoms with van der Waals surface area (Å²) >= 11 is 0. The first kappa shape index (κ1) is 19.3. The Morgan fingerprint density at radius 3 is 2.33 bits per heavy atom. The Bertz CT molecular complexity index is 704. The van der Waals surface area contributed by atoms with E-state index in [1.165, 1.54) is 11.3 Å². The molecular weight excluding hydrogens is 334 g/mol. The number of anilines is 2. The quantitative estimate of drug-likeness (QED) is 0.804. The Kier molecular flexibility index (Phi) is 6.74. The molecule has 0 saturated carbocycles. The Morgan fingerprint density at radius 1 is 1.04 bits per heavy atom. The number of nitrogens with one attached hydrogen (secondary N) is 1. The Morgan fingerprint density at radius 2 is 1.70 bits per heavy atom. The number of carbonyl (C=O) groups excluding carboxylic acids is 1. The lowest BCUT2D eigenvalue weighted by molar-refractivity contribution is -0.132. The monoisotopic (exact) mass is 365 g/mol. The predicted molar refractivity (Wildman–Crippen MR) is 113 cm³/mol. The Hall–Kier alpha value is -2.49. The van der Waals surface area contributed by atoms with E-state index in [1.54, 1.807) is 0 Å². The van der Waals surface area contributed by atoms with E-state index < -0.39 is 0 Å². The van der Waals surface area contributed by atoms with Crippen LogP contribution in [0.4, 0.5) is 11.4 Å². The van der Waals surface area contributed by atoms with Gasteiger partial charge in [-0.25, -0.2) is 0 Å². The maximum Gasteiger partial charge on any atom is 0.224 e. The molecule has 1 N–H and O–H groups in total. The number of rotatable bonds is 7. The van der Waals surface area contributed by atoms with E-state index in [0.717, 1.165) is 38.0 Å². The Balaban J connectivity index is 1.37. The highest BCUT2D eigenvalue weighted by Crippen LogP contribution is 2.22. The molecule has 2 aromatic rings. The summed E-state index contributed by atoms with van der Waals surface area (Å²) in [7, 11) is 4.06. The van der Waals surface area contributed by atoms with Gasteiger partial charge in [0.25, 0.3) is 0 Å². The molecule has 0 unspecified atom stereocenters. The molecule has 0 bridgehead atoms. The molecule has 1 aliphatic rings. The molecule has 1 fully saturated rings. The van der Waals surface area contributed by atoms with Gasteiger partial charge in [0.2, 0.25) is 5.91 Å². The molecule has 2 aromatic carbocycles. The number of hydrogen-bond acceptors (Lipinski definition) is 3. The van der Waals surface area contributed by atoms with Crippen LogP contribution < -0.4 is 10.2 Å². The fourth-order valence-corrected chi connectivity index (χ4v) is 3.68. The summed E-state index contributed by atoms with van der Waals surface area (Å²) in [6.45, 7) is 2.48. The molecule has 0 aliphatic carbocycles. The first-order chi connectivity index (χ1) is 13.1. The number of amides is 1. The topological polar surface area (TPSA) is 35.6 Å². The van der Waals surface area contributed by atoms with Gasteiger partial charge >= 0.3 is 0 Å². The summed E-state index contributed by atoms with van der Waals surface area (Å²) in [5, 5.41) is 3.36. The second-order valence-corrected chi connectivity index (χ2v) is 7.63. The van der Waals surface area contributed by atoms with Gasteiger partial charge in [0, 0.05) is 51.5 Å². The molecule has 0 spiro atoms. The van der Waals surface area contributed by atoms with E-state index in [-0.39, 0.29) is 5.91 Å². The third-order valence-corrected chi connectivity index (χ3v) is 5.39. The van der Waals surface area contributed by atoms with Gasteiger partial charge < -0.3 is 15.1 Å². The fourth-order valence-electron chi connectivity index (χ4n) is 3.68. The molecule has 0 atom stereocenters. The lowest BCUT2D eigenvalue weighted by Crippen LogP contribution is -2.39. The zero-order valence-electron chi connectivity index (χ0n) is 16.5. The summed E-state index contributed by atoms with van der Waals surface area (Å²) in [6, 6.07) is 19.0. The van der Waals surface area contributed by atoms with Crippen molar-refractivity contribution in [2.24, 2.45) is 5.92 Å². The average Bonchev–Trinajstić information content (AvgIpc) is 2.69. The fraction of sp³-hybridized carbons (Fsp3) is 0.435. The van der Waals surface area contributed by atoms with Gasteiger partial charge in [0.15, 0.2) is 0 Å². The first-order valence-electron chi connectivity index (χ1n) is 9.95. The van der Waals surface area contributed by atoms with Gasteiger partial charge in [-0.1, -0.05) is 30.3 Å². The number of piperidine rings is 1. The van der Waals surface area contributed by atoms with Gasteiger partial charge in [-0.05, 0) is 55.0 Å². The van der Waals surface area contributed by atoms with Gasteiger partial charge in [0.05, 0.1) is 0 Å². The van der Waals surface area contributed by atoms with E-state index in [0.29, 0.717) is 18.9 Å². The molecular formula is C23H31N3O. The second-order valence-electron chi connectivity index (χ2n) is 7.63. The highest BCUT2D eigenvalue weighted by Gasteiger charge is 2.22. The first-order valence-corrected chi connectivity index (χ1v) is 9.95. The van der Waals surface area contributed by atoms with Gasteiger partial charge in [-0.3, -0.25) is 4.79 Å².